The standard InChI is InChI=1S/C16H22ClN5/c1-4-8-22(9-5-2)16-20-15(11-18-21-16)19-13-7-6-12(3)14(17)10-13/h6-7,10-11H,4-5,8-9H2,1-3H3,(H,19,20,21). The molecule has 0 amide bonds. The Kier molecular flexibility index (Phi) is 5.95. The molecular formula is C16H22ClN5. The van der Waals surface area contributed by atoms with Crippen LogP contribution in [0.15, 0.2) is 24.4 Å². The second kappa shape index (κ2) is 7.94. The molecule has 0 fully saturated rings. The van der Waals surface area contributed by atoms with Gasteiger partial charge in [-0.25, -0.2) is 0 Å². The van der Waals surface area contributed by atoms with Gasteiger partial charge in [0.05, 0.1) is 6.20 Å². The first kappa shape index (κ1) is 16.5. The Bertz CT molecular complexity index is 611. The van der Waals surface area contributed by atoms with Gasteiger partial charge >= 0.3 is 0 Å². The summed E-state index contributed by atoms with van der Waals surface area (Å²) in [5.41, 5.74) is 1.94. The molecule has 5 nitrogen and oxygen atoms in total. The van der Waals surface area contributed by atoms with Gasteiger partial charge in [0.25, 0.3) is 0 Å². The van der Waals surface area contributed by atoms with E-state index in [0.717, 1.165) is 42.2 Å². The van der Waals surface area contributed by atoms with E-state index in [9.17, 15) is 0 Å². The summed E-state index contributed by atoms with van der Waals surface area (Å²) in [4.78, 5) is 6.71. The van der Waals surface area contributed by atoms with Gasteiger partial charge in [-0.1, -0.05) is 31.5 Å². The highest BCUT2D eigenvalue weighted by atomic mass is 35.5. The normalized spacial score (nSPS) is 10.5. The number of rotatable bonds is 7. The Morgan fingerprint density at radius 2 is 1.91 bits per heavy atom. The lowest BCUT2D eigenvalue weighted by molar-refractivity contribution is 0.711. The molecule has 0 atom stereocenters. The summed E-state index contributed by atoms with van der Waals surface area (Å²) < 4.78 is 0. The van der Waals surface area contributed by atoms with Gasteiger partial charge in [0.15, 0.2) is 5.82 Å². The fourth-order valence-electron chi connectivity index (χ4n) is 2.16. The highest BCUT2D eigenvalue weighted by molar-refractivity contribution is 6.31. The molecule has 0 aliphatic heterocycles. The minimum absolute atomic E-state index is 0.659. The van der Waals surface area contributed by atoms with Crippen LogP contribution in [0, 0.1) is 6.92 Å². The molecule has 1 aromatic carbocycles. The molecule has 0 saturated carbocycles. The molecular weight excluding hydrogens is 298 g/mol. The number of hydrogen-bond donors (Lipinski definition) is 1. The van der Waals surface area contributed by atoms with Crippen LogP contribution in [0.25, 0.3) is 0 Å². The van der Waals surface area contributed by atoms with Crippen molar-refractivity contribution in [2.24, 2.45) is 0 Å². The van der Waals surface area contributed by atoms with Crippen molar-refractivity contribution in [2.45, 2.75) is 33.6 Å². The van der Waals surface area contributed by atoms with E-state index in [-0.39, 0.29) is 0 Å². The van der Waals surface area contributed by atoms with Crippen molar-refractivity contribution in [2.75, 3.05) is 23.3 Å². The molecule has 0 bridgehead atoms. The largest absolute Gasteiger partial charge is 0.339 e. The Hall–Kier alpha value is -1.88. The molecule has 1 aromatic heterocycles. The third-order valence-electron chi connectivity index (χ3n) is 3.26. The highest BCUT2D eigenvalue weighted by Gasteiger charge is 2.09. The molecule has 0 spiro atoms. The summed E-state index contributed by atoms with van der Waals surface area (Å²) in [5.74, 6) is 1.33. The van der Waals surface area contributed by atoms with E-state index < -0.39 is 0 Å². The number of aromatic nitrogens is 3. The number of hydrogen-bond acceptors (Lipinski definition) is 5. The van der Waals surface area contributed by atoms with Crippen molar-refractivity contribution >= 4 is 29.1 Å². The average Bonchev–Trinajstić information content (AvgIpc) is 2.51. The molecule has 1 heterocycles. The van der Waals surface area contributed by atoms with Gasteiger partial charge in [-0.15, -0.1) is 5.10 Å². The van der Waals surface area contributed by atoms with Crippen LogP contribution in [-0.4, -0.2) is 28.3 Å². The van der Waals surface area contributed by atoms with Crippen molar-refractivity contribution < 1.29 is 0 Å². The van der Waals surface area contributed by atoms with Crippen molar-refractivity contribution in [3.05, 3.63) is 35.0 Å². The zero-order valence-corrected chi connectivity index (χ0v) is 14.1. The topological polar surface area (TPSA) is 53.9 Å². The molecule has 0 aliphatic carbocycles. The van der Waals surface area contributed by atoms with E-state index in [1.54, 1.807) is 6.20 Å². The van der Waals surface area contributed by atoms with Crippen molar-refractivity contribution in [3.8, 4) is 0 Å². The van der Waals surface area contributed by atoms with Crippen LogP contribution >= 0.6 is 11.6 Å². The van der Waals surface area contributed by atoms with Crippen LogP contribution in [0.4, 0.5) is 17.5 Å². The number of anilines is 3. The van der Waals surface area contributed by atoms with Crippen LogP contribution in [0.5, 0.6) is 0 Å². The highest BCUT2D eigenvalue weighted by Crippen LogP contribution is 2.22. The lowest BCUT2D eigenvalue weighted by Gasteiger charge is -2.21. The molecule has 0 aliphatic rings. The van der Waals surface area contributed by atoms with E-state index in [1.165, 1.54) is 0 Å². The predicted octanol–water partition coefficient (Wildman–Crippen LogP) is 4.20. The zero-order valence-electron chi connectivity index (χ0n) is 13.3. The Morgan fingerprint density at radius 1 is 1.18 bits per heavy atom. The maximum atomic E-state index is 6.15. The number of halogens is 1. The van der Waals surface area contributed by atoms with Gasteiger partial charge < -0.3 is 10.2 Å². The minimum atomic E-state index is 0.659. The van der Waals surface area contributed by atoms with Crippen LogP contribution in [0.1, 0.15) is 32.3 Å². The van der Waals surface area contributed by atoms with Crippen LogP contribution < -0.4 is 10.2 Å². The predicted molar refractivity (Wildman–Crippen MR) is 92.1 cm³/mol. The van der Waals surface area contributed by atoms with Crippen molar-refractivity contribution in [1.82, 2.24) is 15.2 Å². The number of nitrogens with zero attached hydrogens (tertiary/aromatic N) is 4. The number of benzene rings is 1. The van der Waals surface area contributed by atoms with Crippen molar-refractivity contribution in [3.63, 3.8) is 0 Å². The number of nitrogens with one attached hydrogen (secondary N) is 1. The Morgan fingerprint density at radius 3 is 2.55 bits per heavy atom. The quantitative estimate of drug-likeness (QED) is 0.828. The summed E-state index contributed by atoms with van der Waals surface area (Å²) >= 11 is 6.15. The summed E-state index contributed by atoms with van der Waals surface area (Å²) in [6, 6.07) is 5.83. The maximum absolute atomic E-state index is 6.15. The van der Waals surface area contributed by atoms with Crippen molar-refractivity contribution in [1.29, 1.82) is 0 Å². The lowest BCUT2D eigenvalue weighted by atomic mass is 10.2. The molecule has 0 unspecified atom stereocenters. The maximum Gasteiger partial charge on any atom is 0.247 e. The minimum Gasteiger partial charge on any atom is -0.339 e. The first-order valence-electron chi connectivity index (χ1n) is 7.61. The van der Waals surface area contributed by atoms with Gasteiger partial charge in [0.1, 0.15) is 0 Å². The van der Waals surface area contributed by atoms with Gasteiger partial charge in [0.2, 0.25) is 5.95 Å². The van der Waals surface area contributed by atoms with E-state index >= 15 is 0 Å². The Labute approximate surface area is 136 Å². The molecule has 1 N–H and O–H groups in total. The second-order valence-electron chi connectivity index (χ2n) is 5.22. The third-order valence-corrected chi connectivity index (χ3v) is 3.67. The van der Waals surface area contributed by atoms with Crippen LogP contribution in [0.2, 0.25) is 5.02 Å². The van der Waals surface area contributed by atoms with E-state index in [2.05, 4.69) is 39.2 Å². The fraction of sp³-hybridized carbons (Fsp3) is 0.438. The third kappa shape index (κ3) is 4.31. The van der Waals surface area contributed by atoms with Crippen LogP contribution in [-0.2, 0) is 0 Å². The molecule has 2 rings (SSSR count). The van der Waals surface area contributed by atoms with Gasteiger partial charge in [-0.2, -0.15) is 10.1 Å². The summed E-state index contributed by atoms with van der Waals surface area (Å²) in [5, 5.41) is 12.2. The lowest BCUT2D eigenvalue weighted by Crippen LogP contribution is -2.27. The zero-order chi connectivity index (χ0) is 15.9. The monoisotopic (exact) mass is 319 g/mol. The average molecular weight is 320 g/mol. The fourth-order valence-corrected chi connectivity index (χ4v) is 2.34. The molecule has 2 aromatic rings. The summed E-state index contributed by atoms with van der Waals surface area (Å²) in [6.45, 7) is 8.12. The molecule has 6 heteroatoms. The van der Waals surface area contributed by atoms with E-state index in [0.29, 0.717) is 11.8 Å². The van der Waals surface area contributed by atoms with Gasteiger partial charge in [0, 0.05) is 23.8 Å². The second-order valence-corrected chi connectivity index (χ2v) is 5.62. The van der Waals surface area contributed by atoms with E-state index in [1.807, 2.05) is 25.1 Å². The molecule has 22 heavy (non-hydrogen) atoms. The first-order chi connectivity index (χ1) is 10.6. The smallest absolute Gasteiger partial charge is 0.247 e. The molecule has 0 radical (unpaired) electrons. The van der Waals surface area contributed by atoms with E-state index in [4.69, 9.17) is 11.6 Å². The Balaban J connectivity index is 2.18. The van der Waals surface area contributed by atoms with Crippen LogP contribution in [0.3, 0.4) is 0 Å². The SMILES string of the molecule is CCCN(CCC)c1nncc(Nc2ccc(C)c(Cl)c2)n1. The van der Waals surface area contributed by atoms with Gasteiger partial charge in [-0.3, -0.25) is 0 Å². The molecule has 118 valence electrons. The number of aryl methyl sites for hydroxylation is 1. The summed E-state index contributed by atoms with van der Waals surface area (Å²) in [6.07, 6.45) is 3.72. The van der Waals surface area contributed by atoms with Gasteiger partial charge in [-0.05, 0) is 37.5 Å². The molecule has 0 saturated heterocycles. The first-order valence-corrected chi connectivity index (χ1v) is 7.99. The summed E-state index contributed by atoms with van der Waals surface area (Å²) in [7, 11) is 0.